The molecule has 0 saturated carbocycles. The minimum atomic E-state index is -1.09. The fraction of sp³-hybridized carbons (Fsp3) is 0.526. The van der Waals surface area contributed by atoms with Crippen molar-refractivity contribution in [1.29, 1.82) is 0 Å². The Morgan fingerprint density at radius 3 is 2.81 bits per heavy atom. The normalized spacial score (nSPS) is 19.4. The lowest BCUT2D eigenvalue weighted by Crippen LogP contribution is -2.37. The molecule has 1 saturated heterocycles. The first-order valence-electron chi connectivity index (χ1n) is 9.06. The van der Waals surface area contributed by atoms with E-state index in [4.69, 9.17) is 4.52 Å². The highest BCUT2D eigenvalue weighted by Crippen LogP contribution is 2.21. The summed E-state index contributed by atoms with van der Waals surface area (Å²) in [6, 6.07) is 9.45. The molecule has 7 heteroatoms. The number of rotatable bonds is 5. The first-order chi connectivity index (χ1) is 12.5. The van der Waals surface area contributed by atoms with Gasteiger partial charge in [0.25, 0.3) is 5.91 Å². The molecule has 3 rings (SSSR count). The number of carbonyl (C=O) groups excluding carboxylic acids is 1. The number of carbonyl (C=O) groups is 1. The number of benzene rings is 1. The number of aryl methyl sites for hydroxylation is 1. The maximum atomic E-state index is 12.7. The molecule has 140 valence electrons. The molecular formula is C19H26N4O3. The smallest absolute Gasteiger partial charge is 0.256 e. The van der Waals surface area contributed by atoms with E-state index in [2.05, 4.69) is 15.0 Å². The number of aromatic nitrogens is 2. The minimum Gasteiger partial charge on any atom is -0.378 e. The predicted molar refractivity (Wildman–Crippen MR) is 96.1 cm³/mol. The number of nitrogens with zero attached hydrogens (tertiary/aromatic N) is 4. The molecule has 0 unspecified atom stereocenters. The van der Waals surface area contributed by atoms with Gasteiger partial charge in [0, 0.05) is 26.1 Å². The second-order valence-electron chi connectivity index (χ2n) is 6.87. The van der Waals surface area contributed by atoms with E-state index >= 15 is 0 Å². The van der Waals surface area contributed by atoms with Gasteiger partial charge in [0.15, 0.2) is 11.9 Å². The first-order valence-corrected chi connectivity index (χ1v) is 9.06. The Bertz CT molecular complexity index is 719. The van der Waals surface area contributed by atoms with Crippen molar-refractivity contribution in [2.24, 2.45) is 0 Å². The van der Waals surface area contributed by atoms with Crippen LogP contribution in [0.2, 0.25) is 0 Å². The molecular weight excluding hydrogens is 332 g/mol. The van der Waals surface area contributed by atoms with Crippen LogP contribution in [0.4, 0.5) is 0 Å². The van der Waals surface area contributed by atoms with Crippen LogP contribution in [0.25, 0.3) is 0 Å². The SMILES string of the molecule is Cc1nc(CN(C)[C@@H]2CCCN(C(=O)[C@@H](O)c3ccccc3)CC2)no1. The maximum absolute atomic E-state index is 12.7. The van der Waals surface area contributed by atoms with Crippen LogP contribution < -0.4 is 0 Å². The number of aliphatic hydroxyl groups is 1. The van der Waals surface area contributed by atoms with E-state index in [9.17, 15) is 9.90 Å². The van der Waals surface area contributed by atoms with E-state index < -0.39 is 6.10 Å². The van der Waals surface area contributed by atoms with Gasteiger partial charge >= 0.3 is 0 Å². The van der Waals surface area contributed by atoms with Crippen LogP contribution in [0, 0.1) is 6.92 Å². The van der Waals surface area contributed by atoms with Crippen molar-refractivity contribution in [1.82, 2.24) is 19.9 Å². The van der Waals surface area contributed by atoms with Crippen molar-refractivity contribution in [3.63, 3.8) is 0 Å². The zero-order chi connectivity index (χ0) is 18.5. The summed E-state index contributed by atoms with van der Waals surface area (Å²) in [5.74, 6) is 1.04. The third kappa shape index (κ3) is 4.47. The van der Waals surface area contributed by atoms with Crippen LogP contribution in [-0.4, -0.2) is 57.1 Å². The van der Waals surface area contributed by atoms with Crippen molar-refractivity contribution in [2.45, 2.75) is 44.9 Å². The summed E-state index contributed by atoms with van der Waals surface area (Å²) in [4.78, 5) is 20.9. The maximum Gasteiger partial charge on any atom is 0.256 e. The highest BCUT2D eigenvalue weighted by molar-refractivity contribution is 5.82. The molecule has 1 aromatic carbocycles. The lowest BCUT2D eigenvalue weighted by atomic mass is 10.1. The monoisotopic (exact) mass is 358 g/mol. The van der Waals surface area contributed by atoms with E-state index in [1.54, 1.807) is 24.0 Å². The van der Waals surface area contributed by atoms with Crippen molar-refractivity contribution in [3.05, 3.63) is 47.6 Å². The van der Waals surface area contributed by atoms with E-state index in [0.29, 0.717) is 43.0 Å². The van der Waals surface area contributed by atoms with Crippen molar-refractivity contribution in [3.8, 4) is 0 Å². The van der Waals surface area contributed by atoms with E-state index in [1.807, 2.05) is 25.2 Å². The molecule has 0 spiro atoms. The summed E-state index contributed by atoms with van der Waals surface area (Å²) in [7, 11) is 2.05. The molecule has 2 atom stereocenters. The summed E-state index contributed by atoms with van der Waals surface area (Å²) in [5, 5.41) is 14.3. The molecule has 1 N–H and O–H groups in total. The number of likely N-dealkylation sites (tertiary alicyclic amines) is 1. The Labute approximate surface area is 153 Å². The molecule has 2 heterocycles. The second kappa shape index (κ2) is 8.42. The van der Waals surface area contributed by atoms with Gasteiger partial charge < -0.3 is 14.5 Å². The molecule has 1 aliphatic heterocycles. The van der Waals surface area contributed by atoms with Crippen LogP contribution in [0.5, 0.6) is 0 Å². The van der Waals surface area contributed by atoms with Gasteiger partial charge in [-0.25, -0.2) is 0 Å². The fourth-order valence-electron chi connectivity index (χ4n) is 3.45. The summed E-state index contributed by atoms with van der Waals surface area (Å²) < 4.78 is 5.03. The van der Waals surface area contributed by atoms with E-state index in [1.165, 1.54) is 0 Å². The molecule has 0 bridgehead atoms. The number of hydrogen-bond donors (Lipinski definition) is 1. The van der Waals surface area contributed by atoms with Gasteiger partial charge in [-0.2, -0.15) is 4.98 Å². The third-order valence-corrected chi connectivity index (χ3v) is 4.94. The Balaban J connectivity index is 1.56. The Kier molecular flexibility index (Phi) is 6.00. The zero-order valence-corrected chi connectivity index (χ0v) is 15.3. The van der Waals surface area contributed by atoms with Crippen LogP contribution in [0.3, 0.4) is 0 Å². The summed E-state index contributed by atoms with van der Waals surface area (Å²) in [6.45, 7) is 3.73. The molecule has 2 aromatic rings. The van der Waals surface area contributed by atoms with E-state index in [0.717, 1.165) is 19.3 Å². The van der Waals surface area contributed by atoms with Crippen LogP contribution >= 0.6 is 0 Å². The molecule has 1 aliphatic rings. The topological polar surface area (TPSA) is 82.7 Å². The minimum absolute atomic E-state index is 0.215. The summed E-state index contributed by atoms with van der Waals surface area (Å²) >= 11 is 0. The van der Waals surface area contributed by atoms with Crippen molar-refractivity contribution >= 4 is 5.91 Å². The van der Waals surface area contributed by atoms with Gasteiger partial charge in [0.05, 0.1) is 6.54 Å². The van der Waals surface area contributed by atoms with Gasteiger partial charge in [-0.15, -0.1) is 0 Å². The molecule has 7 nitrogen and oxygen atoms in total. The molecule has 1 aromatic heterocycles. The highest BCUT2D eigenvalue weighted by atomic mass is 16.5. The molecule has 26 heavy (non-hydrogen) atoms. The Morgan fingerprint density at radius 2 is 2.12 bits per heavy atom. The van der Waals surface area contributed by atoms with Gasteiger partial charge in [-0.3, -0.25) is 9.69 Å². The van der Waals surface area contributed by atoms with Gasteiger partial charge in [0.1, 0.15) is 0 Å². The lowest BCUT2D eigenvalue weighted by molar-refractivity contribution is -0.140. The quantitative estimate of drug-likeness (QED) is 0.879. The van der Waals surface area contributed by atoms with E-state index in [-0.39, 0.29) is 5.91 Å². The van der Waals surface area contributed by atoms with Crippen LogP contribution in [0.15, 0.2) is 34.9 Å². The predicted octanol–water partition coefficient (Wildman–Crippen LogP) is 1.92. The van der Waals surface area contributed by atoms with Gasteiger partial charge in [-0.05, 0) is 31.9 Å². The first kappa shape index (κ1) is 18.5. The Morgan fingerprint density at radius 1 is 1.35 bits per heavy atom. The van der Waals surface area contributed by atoms with Crippen LogP contribution in [0.1, 0.15) is 42.6 Å². The average Bonchev–Trinajstić information content (AvgIpc) is 2.92. The molecule has 1 amide bonds. The molecule has 1 fully saturated rings. The second-order valence-corrected chi connectivity index (χ2v) is 6.87. The fourth-order valence-corrected chi connectivity index (χ4v) is 3.45. The highest BCUT2D eigenvalue weighted by Gasteiger charge is 2.27. The lowest BCUT2D eigenvalue weighted by Gasteiger charge is -2.26. The van der Waals surface area contributed by atoms with Gasteiger partial charge in [-0.1, -0.05) is 35.5 Å². The molecule has 0 radical (unpaired) electrons. The van der Waals surface area contributed by atoms with Crippen LogP contribution in [-0.2, 0) is 11.3 Å². The largest absolute Gasteiger partial charge is 0.378 e. The summed E-state index contributed by atoms with van der Waals surface area (Å²) in [5.41, 5.74) is 0.642. The zero-order valence-electron chi connectivity index (χ0n) is 15.3. The number of amides is 1. The third-order valence-electron chi connectivity index (χ3n) is 4.94. The molecule has 0 aliphatic carbocycles. The number of aliphatic hydroxyl groups excluding tert-OH is 1. The number of hydrogen-bond acceptors (Lipinski definition) is 6. The standard InChI is InChI=1S/C19H26N4O3/c1-14-20-17(21-26-14)13-22(2)16-9-6-11-23(12-10-16)19(25)18(24)15-7-4-3-5-8-15/h3-5,7-8,16,18,24H,6,9-13H2,1-2H3/t16-,18+/m1/s1. The van der Waals surface area contributed by atoms with Crippen molar-refractivity contribution in [2.75, 3.05) is 20.1 Å². The Hall–Kier alpha value is -2.25. The van der Waals surface area contributed by atoms with Crippen molar-refractivity contribution < 1.29 is 14.4 Å². The average molecular weight is 358 g/mol. The van der Waals surface area contributed by atoms with Gasteiger partial charge in [0.2, 0.25) is 5.89 Å². The summed E-state index contributed by atoms with van der Waals surface area (Å²) in [6.07, 6.45) is 1.68.